The SMILES string of the molecule is CC(NC(c1ccc(F)cc1)C(C)C)c1ccc(I)cc1. The zero-order valence-electron chi connectivity index (χ0n) is 12.6. The molecule has 0 fully saturated rings. The maximum absolute atomic E-state index is 13.1. The minimum absolute atomic E-state index is 0.188. The Balaban J connectivity index is 2.16. The molecule has 0 radical (unpaired) electrons. The molecule has 0 aromatic heterocycles. The highest BCUT2D eigenvalue weighted by Crippen LogP contribution is 2.26. The van der Waals surface area contributed by atoms with Gasteiger partial charge in [-0.2, -0.15) is 0 Å². The molecule has 2 rings (SSSR count). The third-order valence-electron chi connectivity index (χ3n) is 3.70. The predicted molar refractivity (Wildman–Crippen MR) is 94.7 cm³/mol. The zero-order valence-corrected chi connectivity index (χ0v) is 14.8. The van der Waals surface area contributed by atoms with Crippen molar-refractivity contribution in [3.05, 3.63) is 69.0 Å². The molecule has 2 unspecified atom stereocenters. The third kappa shape index (κ3) is 4.51. The summed E-state index contributed by atoms with van der Waals surface area (Å²) >= 11 is 2.31. The van der Waals surface area contributed by atoms with Crippen LogP contribution in [0.1, 0.15) is 44.0 Å². The lowest BCUT2D eigenvalue weighted by Gasteiger charge is -2.27. The highest BCUT2D eigenvalue weighted by molar-refractivity contribution is 14.1. The fraction of sp³-hybridized carbons (Fsp3) is 0.333. The molecule has 2 atom stereocenters. The summed E-state index contributed by atoms with van der Waals surface area (Å²) < 4.78 is 14.3. The van der Waals surface area contributed by atoms with Gasteiger partial charge in [-0.3, -0.25) is 0 Å². The van der Waals surface area contributed by atoms with Crippen LogP contribution in [-0.2, 0) is 0 Å². The van der Waals surface area contributed by atoms with Crippen molar-refractivity contribution >= 4 is 22.6 Å². The molecule has 0 bridgehead atoms. The van der Waals surface area contributed by atoms with E-state index in [0.717, 1.165) is 5.56 Å². The Hall–Kier alpha value is -0.940. The van der Waals surface area contributed by atoms with Crippen LogP contribution in [0.15, 0.2) is 48.5 Å². The number of hydrogen-bond acceptors (Lipinski definition) is 1. The highest BCUT2D eigenvalue weighted by Gasteiger charge is 2.18. The van der Waals surface area contributed by atoms with E-state index >= 15 is 0 Å². The molecule has 21 heavy (non-hydrogen) atoms. The van der Waals surface area contributed by atoms with Gasteiger partial charge in [0.15, 0.2) is 0 Å². The van der Waals surface area contributed by atoms with Crippen LogP contribution in [0.3, 0.4) is 0 Å². The zero-order chi connectivity index (χ0) is 15.4. The molecule has 0 heterocycles. The van der Waals surface area contributed by atoms with E-state index in [-0.39, 0.29) is 17.9 Å². The molecule has 0 saturated heterocycles. The topological polar surface area (TPSA) is 12.0 Å². The molecule has 0 aliphatic carbocycles. The van der Waals surface area contributed by atoms with E-state index in [1.165, 1.54) is 21.3 Å². The standard InChI is InChI=1S/C18H21FIN/c1-12(2)18(15-4-8-16(19)9-5-15)21-13(3)14-6-10-17(20)11-7-14/h4-13,18,21H,1-3H3. The Kier molecular flexibility index (Phi) is 5.76. The van der Waals surface area contributed by atoms with E-state index in [4.69, 9.17) is 0 Å². The number of halogens is 2. The minimum atomic E-state index is -0.188. The molecule has 1 N–H and O–H groups in total. The quantitative estimate of drug-likeness (QED) is 0.659. The summed E-state index contributed by atoms with van der Waals surface area (Å²) in [7, 11) is 0. The van der Waals surface area contributed by atoms with Crippen LogP contribution in [0.4, 0.5) is 4.39 Å². The first-order chi connectivity index (χ1) is 9.97. The third-order valence-corrected chi connectivity index (χ3v) is 4.41. The molecular formula is C18H21FIN. The van der Waals surface area contributed by atoms with Gasteiger partial charge in [0, 0.05) is 15.7 Å². The van der Waals surface area contributed by atoms with Gasteiger partial charge in [0.05, 0.1) is 0 Å². The molecule has 1 nitrogen and oxygen atoms in total. The van der Waals surface area contributed by atoms with Crippen molar-refractivity contribution in [2.75, 3.05) is 0 Å². The average molecular weight is 397 g/mol. The summed E-state index contributed by atoms with van der Waals surface area (Å²) in [6.45, 7) is 6.53. The smallest absolute Gasteiger partial charge is 0.123 e. The van der Waals surface area contributed by atoms with E-state index in [2.05, 4.69) is 72.9 Å². The van der Waals surface area contributed by atoms with Crippen LogP contribution in [0, 0.1) is 15.3 Å². The number of benzene rings is 2. The molecule has 0 amide bonds. The van der Waals surface area contributed by atoms with Gasteiger partial charge in [0.2, 0.25) is 0 Å². The first-order valence-electron chi connectivity index (χ1n) is 7.24. The number of hydrogen-bond donors (Lipinski definition) is 1. The monoisotopic (exact) mass is 397 g/mol. The molecule has 0 aliphatic heterocycles. The Morgan fingerprint density at radius 3 is 1.90 bits per heavy atom. The Bertz CT molecular complexity index is 563. The fourth-order valence-electron chi connectivity index (χ4n) is 2.46. The van der Waals surface area contributed by atoms with Gasteiger partial charge < -0.3 is 5.32 Å². The Morgan fingerprint density at radius 2 is 1.38 bits per heavy atom. The van der Waals surface area contributed by atoms with Crippen molar-refractivity contribution in [3.63, 3.8) is 0 Å². The second-order valence-corrected chi connectivity index (χ2v) is 6.96. The van der Waals surface area contributed by atoms with Crippen LogP contribution in [0.25, 0.3) is 0 Å². The van der Waals surface area contributed by atoms with Gasteiger partial charge in [0.1, 0.15) is 5.82 Å². The molecular weight excluding hydrogens is 376 g/mol. The normalized spacial score (nSPS) is 14.2. The first-order valence-corrected chi connectivity index (χ1v) is 8.32. The van der Waals surface area contributed by atoms with Crippen molar-refractivity contribution in [1.82, 2.24) is 5.32 Å². The average Bonchev–Trinajstić information content (AvgIpc) is 2.46. The van der Waals surface area contributed by atoms with Gasteiger partial charge in [-0.15, -0.1) is 0 Å². The summed E-state index contributed by atoms with van der Waals surface area (Å²) in [5, 5.41) is 3.66. The summed E-state index contributed by atoms with van der Waals surface area (Å²) in [5.74, 6) is 0.244. The van der Waals surface area contributed by atoms with Crippen LogP contribution in [0.2, 0.25) is 0 Å². The van der Waals surface area contributed by atoms with Crippen LogP contribution >= 0.6 is 22.6 Å². The molecule has 2 aromatic rings. The van der Waals surface area contributed by atoms with Gasteiger partial charge in [-0.05, 0) is 70.8 Å². The lowest BCUT2D eigenvalue weighted by molar-refractivity contribution is 0.374. The lowest BCUT2D eigenvalue weighted by Crippen LogP contribution is -2.28. The maximum Gasteiger partial charge on any atom is 0.123 e. The molecule has 0 aliphatic rings. The second-order valence-electron chi connectivity index (χ2n) is 5.71. The van der Waals surface area contributed by atoms with E-state index in [0.29, 0.717) is 5.92 Å². The maximum atomic E-state index is 13.1. The fourth-order valence-corrected chi connectivity index (χ4v) is 2.82. The van der Waals surface area contributed by atoms with Crippen molar-refractivity contribution in [1.29, 1.82) is 0 Å². The largest absolute Gasteiger partial charge is 0.303 e. The van der Waals surface area contributed by atoms with Crippen LogP contribution in [-0.4, -0.2) is 0 Å². The van der Waals surface area contributed by atoms with E-state index in [9.17, 15) is 4.39 Å². The van der Waals surface area contributed by atoms with Crippen LogP contribution < -0.4 is 5.32 Å². The molecule has 3 heteroatoms. The summed E-state index contributed by atoms with van der Waals surface area (Å²) in [6.07, 6.45) is 0. The molecule has 0 saturated carbocycles. The van der Waals surface area contributed by atoms with E-state index in [1.54, 1.807) is 0 Å². The molecule has 0 spiro atoms. The molecule has 2 aromatic carbocycles. The highest BCUT2D eigenvalue weighted by atomic mass is 127. The second kappa shape index (κ2) is 7.36. The van der Waals surface area contributed by atoms with E-state index in [1.807, 2.05) is 12.1 Å². The van der Waals surface area contributed by atoms with Gasteiger partial charge in [0.25, 0.3) is 0 Å². The summed E-state index contributed by atoms with van der Waals surface area (Å²) in [6, 6.07) is 15.8. The van der Waals surface area contributed by atoms with Crippen molar-refractivity contribution in [3.8, 4) is 0 Å². The van der Waals surface area contributed by atoms with Gasteiger partial charge in [-0.25, -0.2) is 4.39 Å². The van der Waals surface area contributed by atoms with Gasteiger partial charge >= 0.3 is 0 Å². The number of rotatable bonds is 5. The molecule has 112 valence electrons. The van der Waals surface area contributed by atoms with Gasteiger partial charge in [-0.1, -0.05) is 38.1 Å². The van der Waals surface area contributed by atoms with Crippen molar-refractivity contribution < 1.29 is 4.39 Å². The Morgan fingerprint density at radius 1 is 0.857 bits per heavy atom. The summed E-state index contributed by atoms with van der Waals surface area (Å²) in [5.41, 5.74) is 2.40. The van der Waals surface area contributed by atoms with Crippen molar-refractivity contribution in [2.45, 2.75) is 32.9 Å². The first kappa shape index (κ1) is 16.4. The lowest BCUT2D eigenvalue weighted by atomic mass is 9.94. The minimum Gasteiger partial charge on any atom is -0.303 e. The van der Waals surface area contributed by atoms with Crippen molar-refractivity contribution in [2.24, 2.45) is 5.92 Å². The van der Waals surface area contributed by atoms with E-state index < -0.39 is 0 Å². The predicted octanol–water partition coefficient (Wildman–Crippen LogP) is 5.48. The Labute approximate surface area is 140 Å². The number of nitrogens with one attached hydrogen (secondary N) is 1. The summed E-state index contributed by atoms with van der Waals surface area (Å²) in [4.78, 5) is 0. The van der Waals surface area contributed by atoms with Crippen LogP contribution in [0.5, 0.6) is 0 Å².